The quantitative estimate of drug-likeness (QED) is 0.843. The largest absolute Gasteiger partial charge is 0.496 e. The lowest BCUT2D eigenvalue weighted by Crippen LogP contribution is -2.30. The van der Waals surface area contributed by atoms with Crippen LogP contribution in [0.2, 0.25) is 0 Å². The van der Waals surface area contributed by atoms with E-state index in [4.69, 9.17) is 4.74 Å². The van der Waals surface area contributed by atoms with Crippen LogP contribution in [0, 0.1) is 19.8 Å². The van der Waals surface area contributed by atoms with Gasteiger partial charge in [0, 0.05) is 10.6 Å². The van der Waals surface area contributed by atoms with Crippen molar-refractivity contribution < 1.29 is 4.74 Å². The molecule has 1 aliphatic rings. The van der Waals surface area contributed by atoms with Crippen LogP contribution in [0.25, 0.3) is 0 Å². The van der Waals surface area contributed by atoms with Crippen molar-refractivity contribution in [2.75, 3.05) is 26.0 Å². The fourth-order valence-electron chi connectivity index (χ4n) is 2.31. The van der Waals surface area contributed by atoms with Crippen LogP contribution in [-0.2, 0) is 0 Å². The number of benzene rings is 1. The van der Waals surface area contributed by atoms with Gasteiger partial charge in [0.2, 0.25) is 0 Å². The molecule has 1 atom stereocenters. The van der Waals surface area contributed by atoms with E-state index in [1.165, 1.54) is 47.7 Å². The van der Waals surface area contributed by atoms with Gasteiger partial charge < -0.3 is 10.1 Å². The maximum atomic E-state index is 5.48. The Morgan fingerprint density at radius 1 is 1.33 bits per heavy atom. The molecule has 0 aromatic heterocycles. The monoisotopic (exact) mass is 265 g/mol. The molecular weight excluding hydrogens is 242 g/mol. The lowest BCUT2D eigenvalue weighted by Gasteiger charge is -2.22. The van der Waals surface area contributed by atoms with Crippen LogP contribution in [0.5, 0.6) is 5.75 Å². The molecular formula is C15H23NOS. The van der Waals surface area contributed by atoms with Gasteiger partial charge in [-0.15, -0.1) is 11.8 Å². The van der Waals surface area contributed by atoms with Gasteiger partial charge in [-0.1, -0.05) is 0 Å². The summed E-state index contributed by atoms with van der Waals surface area (Å²) in [6.45, 7) is 6.66. The molecule has 1 heterocycles. The van der Waals surface area contributed by atoms with Gasteiger partial charge in [0.15, 0.2) is 0 Å². The number of aryl methyl sites for hydroxylation is 2. The molecule has 1 aromatic rings. The summed E-state index contributed by atoms with van der Waals surface area (Å²) in [7, 11) is 1.76. The molecule has 0 amide bonds. The molecule has 1 unspecified atom stereocenters. The molecule has 0 radical (unpaired) electrons. The summed E-state index contributed by atoms with van der Waals surface area (Å²) in [5.41, 5.74) is 2.65. The van der Waals surface area contributed by atoms with Crippen LogP contribution in [0.3, 0.4) is 0 Å². The Labute approximate surface area is 114 Å². The third-order valence-electron chi connectivity index (χ3n) is 3.65. The molecule has 2 rings (SSSR count). The predicted octanol–water partition coefficient (Wildman–Crippen LogP) is 3.40. The first-order valence-corrected chi connectivity index (χ1v) is 7.68. The van der Waals surface area contributed by atoms with Crippen LogP contribution < -0.4 is 10.1 Å². The normalized spacial score (nSPS) is 19.8. The molecule has 0 bridgehead atoms. The second-order valence-electron chi connectivity index (χ2n) is 5.11. The molecule has 1 saturated heterocycles. The van der Waals surface area contributed by atoms with E-state index in [2.05, 4.69) is 31.3 Å². The lowest BCUT2D eigenvalue weighted by atomic mass is 10.0. The van der Waals surface area contributed by atoms with E-state index >= 15 is 0 Å². The molecule has 1 aliphatic heterocycles. The number of hydrogen-bond acceptors (Lipinski definition) is 3. The van der Waals surface area contributed by atoms with Gasteiger partial charge in [0.05, 0.1) is 7.11 Å². The highest BCUT2D eigenvalue weighted by atomic mass is 32.2. The van der Waals surface area contributed by atoms with E-state index in [9.17, 15) is 0 Å². The minimum Gasteiger partial charge on any atom is -0.496 e. The zero-order valence-electron chi connectivity index (χ0n) is 11.6. The van der Waals surface area contributed by atoms with Crippen LogP contribution >= 0.6 is 11.8 Å². The van der Waals surface area contributed by atoms with Gasteiger partial charge in [-0.25, -0.2) is 0 Å². The van der Waals surface area contributed by atoms with Crippen LogP contribution in [0.4, 0.5) is 0 Å². The standard InChI is InChI=1S/C15H23NOS/c1-11-7-14(17-3)15(8-12(11)2)18-10-13-5-4-6-16-9-13/h7-8,13,16H,4-6,9-10H2,1-3H3. The summed E-state index contributed by atoms with van der Waals surface area (Å²) in [6.07, 6.45) is 2.67. The van der Waals surface area contributed by atoms with E-state index in [1.54, 1.807) is 7.11 Å². The molecule has 2 nitrogen and oxygen atoms in total. The SMILES string of the molecule is COc1cc(C)c(C)cc1SCC1CCCNC1. The first-order valence-electron chi connectivity index (χ1n) is 6.69. The summed E-state index contributed by atoms with van der Waals surface area (Å²) in [5, 5.41) is 3.48. The van der Waals surface area contributed by atoms with Gasteiger partial charge >= 0.3 is 0 Å². The van der Waals surface area contributed by atoms with Gasteiger partial charge in [-0.2, -0.15) is 0 Å². The minimum atomic E-state index is 0.801. The van der Waals surface area contributed by atoms with Crippen molar-refractivity contribution in [2.45, 2.75) is 31.6 Å². The molecule has 1 fully saturated rings. The molecule has 100 valence electrons. The number of piperidine rings is 1. The first kappa shape index (κ1) is 13.8. The van der Waals surface area contributed by atoms with Crippen molar-refractivity contribution in [3.8, 4) is 5.75 Å². The Morgan fingerprint density at radius 2 is 2.11 bits per heavy atom. The van der Waals surface area contributed by atoms with Crippen molar-refractivity contribution in [3.05, 3.63) is 23.3 Å². The molecule has 0 aliphatic carbocycles. The number of rotatable bonds is 4. The zero-order chi connectivity index (χ0) is 13.0. The van der Waals surface area contributed by atoms with Crippen molar-refractivity contribution in [1.82, 2.24) is 5.32 Å². The smallest absolute Gasteiger partial charge is 0.132 e. The highest BCUT2D eigenvalue weighted by Crippen LogP contribution is 2.33. The van der Waals surface area contributed by atoms with E-state index in [0.29, 0.717) is 0 Å². The van der Waals surface area contributed by atoms with Crippen LogP contribution in [0.1, 0.15) is 24.0 Å². The van der Waals surface area contributed by atoms with E-state index in [-0.39, 0.29) is 0 Å². The average Bonchev–Trinajstić information content (AvgIpc) is 2.41. The van der Waals surface area contributed by atoms with Gasteiger partial charge in [0.25, 0.3) is 0 Å². The predicted molar refractivity (Wildman–Crippen MR) is 78.8 cm³/mol. The Balaban J connectivity index is 2.01. The summed E-state index contributed by atoms with van der Waals surface area (Å²) in [6, 6.07) is 4.41. The van der Waals surface area contributed by atoms with Gasteiger partial charge in [-0.3, -0.25) is 0 Å². The Hall–Kier alpha value is -0.670. The third kappa shape index (κ3) is 3.42. The van der Waals surface area contributed by atoms with Gasteiger partial charge in [0.1, 0.15) is 5.75 Å². The maximum Gasteiger partial charge on any atom is 0.132 e. The maximum absolute atomic E-state index is 5.48. The van der Waals surface area contributed by atoms with E-state index in [0.717, 1.165) is 11.7 Å². The summed E-state index contributed by atoms with van der Waals surface area (Å²) in [5.74, 6) is 3.01. The number of hydrogen-bond donors (Lipinski definition) is 1. The van der Waals surface area contributed by atoms with Crippen molar-refractivity contribution in [3.63, 3.8) is 0 Å². The number of ether oxygens (including phenoxy) is 1. The fourth-order valence-corrected chi connectivity index (χ4v) is 3.55. The second kappa shape index (κ2) is 6.48. The number of thioether (sulfide) groups is 1. The van der Waals surface area contributed by atoms with Crippen molar-refractivity contribution >= 4 is 11.8 Å². The highest BCUT2D eigenvalue weighted by molar-refractivity contribution is 7.99. The Bertz CT molecular complexity index is 400. The molecule has 0 spiro atoms. The molecule has 1 aromatic carbocycles. The van der Waals surface area contributed by atoms with Crippen molar-refractivity contribution in [2.24, 2.45) is 5.92 Å². The van der Waals surface area contributed by atoms with Crippen LogP contribution in [-0.4, -0.2) is 26.0 Å². The Morgan fingerprint density at radius 3 is 2.78 bits per heavy atom. The first-order chi connectivity index (χ1) is 8.70. The fraction of sp³-hybridized carbons (Fsp3) is 0.600. The number of nitrogens with one attached hydrogen (secondary N) is 1. The second-order valence-corrected chi connectivity index (χ2v) is 6.17. The van der Waals surface area contributed by atoms with E-state index in [1.807, 2.05) is 11.8 Å². The summed E-state index contributed by atoms with van der Waals surface area (Å²) in [4.78, 5) is 1.28. The topological polar surface area (TPSA) is 21.3 Å². The number of methoxy groups -OCH3 is 1. The molecule has 18 heavy (non-hydrogen) atoms. The van der Waals surface area contributed by atoms with Gasteiger partial charge in [-0.05, 0) is 69.0 Å². The Kier molecular flexibility index (Phi) is 4.95. The lowest BCUT2D eigenvalue weighted by molar-refractivity contribution is 0.402. The third-order valence-corrected chi connectivity index (χ3v) is 4.92. The average molecular weight is 265 g/mol. The molecule has 1 N–H and O–H groups in total. The molecule has 3 heteroatoms. The van der Waals surface area contributed by atoms with Crippen molar-refractivity contribution in [1.29, 1.82) is 0 Å². The van der Waals surface area contributed by atoms with E-state index < -0.39 is 0 Å². The van der Waals surface area contributed by atoms with Crippen LogP contribution in [0.15, 0.2) is 17.0 Å². The highest BCUT2D eigenvalue weighted by Gasteiger charge is 2.14. The zero-order valence-corrected chi connectivity index (χ0v) is 12.4. The summed E-state index contributed by atoms with van der Waals surface area (Å²) < 4.78 is 5.48. The molecule has 0 saturated carbocycles. The summed E-state index contributed by atoms with van der Waals surface area (Å²) >= 11 is 1.94. The minimum absolute atomic E-state index is 0.801.